The van der Waals surface area contributed by atoms with Crippen molar-refractivity contribution in [3.63, 3.8) is 0 Å². The number of ether oxygens (including phenoxy) is 1. The van der Waals surface area contributed by atoms with E-state index in [9.17, 15) is 4.79 Å². The molecule has 0 spiro atoms. The van der Waals surface area contributed by atoms with E-state index in [1.807, 2.05) is 0 Å². The van der Waals surface area contributed by atoms with Gasteiger partial charge in [0, 0.05) is 5.57 Å². The molecule has 0 atom stereocenters. The van der Waals surface area contributed by atoms with Crippen LogP contribution in [0, 0.1) is 0 Å². The van der Waals surface area contributed by atoms with E-state index in [0.29, 0.717) is 5.57 Å². The Labute approximate surface area is 96.9 Å². The minimum atomic E-state index is -0.234. The van der Waals surface area contributed by atoms with Crippen molar-refractivity contribution in [3.8, 4) is 0 Å². The number of aliphatic hydroxyl groups is 2. The Morgan fingerprint density at radius 1 is 1.25 bits per heavy atom. The van der Waals surface area contributed by atoms with Gasteiger partial charge in [-0.1, -0.05) is 13.0 Å². The number of rotatable bonds is 3. The second kappa shape index (κ2) is 9.36. The summed E-state index contributed by atoms with van der Waals surface area (Å²) in [5, 5.41) is 15.2. The van der Waals surface area contributed by atoms with Crippen molar-refractivity contribution in [2.75, 3.05) is 13.2 Å². The molecule has 0 radical (unpaired) electrons. The Morgan fingerprint density at radius 2 is 1.75 bits per heavy atom. The summed E-state index contributed by atoms with van der Waals surface area (Å²) in [6, 6.07) is 0. The molecule has 0 amide bonds. The molecule has 1 rings (SSSR count). The van der Waals surface area contributed by atoms with Crippen molar-refractivity contribution in [1.29, 1.82) is 0 Å². The minimum Gasteiger partial charge on any atom is -0.459 e. The largest absolute Gasteiger partial charge is 0.459 e. The maximum Gasteiger partial charge on any atom is 0.333 e. The Hall–Kier alpha value is -0.870. The standard InChI is InChI=1S/C10H16O2.C2H6O2/c1-8(2)10(11)12-9-6-4-3-5-7-9;3-1-2-4/h9H,1,3-7H2,2H3;3-4H,1-2H2. The normalized spacial score (nSPS) is 15.9. The topological polar surface area (TPSA) is 66.8 Å². The zero-order valence-corrected chi connectivity index (χ0v) is 9.95. The zero-order chi connectivity index (χ0) is 12.4. The van der Waals surface area contributed by atoms with E-state index in [1.165, 1.54) is 19.3 Å². The first kappa shape index (κ1) is 15.1. The molecule has 0 aromatic rings. The van der Waals surface area contributed by atoms with Gasteiger partial charge < -0.3 is 14.9 Å². The maximum absolute atomic E-state index is 11.1. The van der Waals surface area contributed by atoms with Crippen molar-refractivity contribution < 1.29 is 19.7 Å². The van der Waals surface area contributed by atoms with Gasteiger partial charge in [-0.2, -0.15) is 0 Å². The lowest BCUT2D eigenvalue weighted by atomic mass is 9.98. The fourth-order valence-electron chi connectivity index (χ4n) is 1.43. The SMILES string of the molecule is C=C(C)C(=O)OC1CCCCC1.OCCO. The van der Waals surface area contributed by atoms with E-state index < -0.39 is 0 Å². The summed E-state index contributed by atoms with van der Waals surface area (Å²) in [7, 11) is 0. The van der Waals surface area contributed by atoms with E-state index in [-0.39, 0.29) is 25.3 Å². The molecule has 1 saturated carbocycles. The summed E-state index contributed by atoms with van der Waals surface area (Å²) in [5.41, 5.74) is 0.501. The third-order valence-electron chi connectivity index (χ3n) is 2.27. The predicted molar refractivity (Wildman–Crippen MR) is 62.0 cm³/mol. The van der Waals surface area contributed by atoms with Crippen molar-refractivity contribution in [2.24, 2.45) is 0 Å². The number of hydrogen-bond acceptors (Lipinski definition) is 4. The van der Waals surface area contributed by atoms with E-state index in [4.69, 9.17) is 14.9 Å². The summed E-state index contributed by atoms with van der Waals surface area (Å²) in [5.74, 6) is -0.234. The average Bonchev–Trinajstić information content (AvgIpc) is 2.30. The molecule has 94 valence electrons. The summed E-state index contributed by atoms with van der Waals surface area (Å²) < 4.78 is 5.21. The third kappa shape index (κ3) is 7.43. The Morgan fingerprint density at radius 3 is 2.12 bits per heavy atom. The van der Waals surface area contributed by atoms with Crippen LogP contribution >= 0.6 is 0 Å². The van der Waals surface area contributed by atoms with Gasteiger partial charge in [0.1, 0.15) is 6.10 Å². The Kier molecular flexibility index (Phi) is 8.85. The summed E-state index contributed by atoms with van der Waals surface area (Å²) >= 11 is 0. The van der Waals surface area contributed by atoms with Gasteiger partial charge in [-0.05, 0) is 32.6 Å². The van der Waals surface area contributed by atoms with Gasteiger partial charge in [-0.15, -0.1) is 0 Å². The van der Waals surface area contributed by atoms with Gasteiger partial charge >= 0.3 is 5.97 Å². The number of aliphatic hydroxyl groups excluding tert-OH is 2. The Bertz CT molecular complexity index is 205. The monoisotopic (exact) mass is 230 g/mol. The van der Waals surface area contributed by atoms with Crippen LogP contribution in [0.4, 0.5) is 0 Å². The van der Waals surface area contributed by atoms with Crippen molar-refractivity contribution in [2.45, 2.75) is 45.1 Å². The molecule has 0 heterocycles. The highest BCUT2D eigenvalue weighted by Crippen LogP contribution is 2.20. The van der Waals surface area contributed by atoms with Crippen LogP contribution in [0.3, 0.4) is 0 Å². The first-order chi connectivity index (χ1) is 7.61. The van der Waals surface area contributed by atoms with Crippen LogP contribution in [0.15, 0.2) is 12.2 Å². The number of hydrogen-bond donors (Lipinski definition) is 2. The molecule has 0 unspecified atom stereocenters. The number of carbonyl (C=O) groups excluding carboxylic acids is 1. The van der Waals surface area contributed by atoms with Crippen LogP contribution in [0.25, 0.3) is 0 Å². The lowest BCUT2D eigenvalue weighted by Gasteiger charge is -2.21. The second-order valence-electron chi connectivity index (χ2n) is 3.89. The minimum absolute atomic E-state index is 0.125. The highest BCUT2D eigenvalue weighted by Gasteiger charge is 2.17. The average molecular weight is 230 g/mol. The lowest BCUT2D eigenvalue weighted by Crippen LogP contribution is -2.20. The van der Waals surface area contributed by atoms with Gasteiger partial charge in [0.05, 0.1) is 13.2 Å². The van der Waals surface area contributed by atoms with E-state index in [0.717, 1.165) is 12.8 Å². The van der Waals surface area contributed by atoms with Gasteiger partial charge in [0.15, 0.2) is 0 Å². The maximum atomic E-state index is 11.1. The van der Waals surface area contributed by atoms with Crippen LogP contribution in [0.2, 0.25) is 0 Å². The van der Waals surface area contributed by atoms with Gasteiger partial charge in [-0.3, -0.25) is 0 Å². The van der Waals surface area contributed by atoms with Crippen molar-refractivity contribution >= 4 is 5.97 Å². The molecule has 4 nitrogen and oxygen atoms in total. The molecule has 0 bridgehead atoms. The molecule has 1 fully saturated rings. The molecule has 0 aliphatic heterocycles. The molecule has 0 aromatic heterocycles. The zero-order valence-electron chi connectivity index (χ0n) is 9.95. The highest BCUT2D eigenvalue weighted by atomic mass is 16.5. The summed E-state index contributed by atoms with van der Waals surface area (Å²) in [4.78, 5) is 11.1. The highest BCUT2D eigenvalue weighted by molar-refractivity contribution is 5.87. The van der Waals surface area contributed by atoms with Crippen LogP contribution in [-0.2, 0) is 9.53 Å². The second-order valence-corrected chi connectivity index (χ2v) is 3.89. The van der Waals surface area contributed by atoms with Crippen LogP contribution < -0.4 is 0 Å². The van der Waals surface area contributed by atoms with Gasteiger partial charge in [0.25, 0.3) is 0 Å². The third-order valence-corrected chi connectivity index (χ3v) is 2.27. The van der Waals surface area contributed by atoms with E-state index in [1.54, 1.807) is 6.92 Å². The van der Waals surface area contributed by atoms with E-state index >= 15 is 0 Å². The van der Waals surface area contributed by atoms with Crippen LogP contribution in [-0.4, -0.2) is 35.5 Å². The first-order valence-electron chi connectivity index (χ1n) is 5.70. The van der Waals surface area contributed by atoms with Gasteiger partial charge in [0.2, 0.25) is 0 Å². The molecule has 0 saturated heterocycles. The fourth-order valence-corrected chi connectivity index (χ4v) is 1.43. The van der Waals surface area contributed by atoms with Gasteiger partial charge in [-0.25, -0.2) is 4.79 Å². The summed E-state index contributed by atoms with van der Waals surface area (Å²) in [6.07, 6.45) is 5.87. The van der Waals surface area contributed by atoms with Crippen molar-refractivity contribution in [3.05, 3.63) is 12.2 Å². The van der Waals surface area contributed by atoms with Crippen molar-refractivity contribution in [1.82, 2.24) is 0 Å². The molecule has 0 aromatic carbocycles. The Balaban J connectivity index is 0.000000487. The predicted octanol–water partition coefficient (Wildman–Crippen LogP) is 1.41. The fraction of sp³-hybridized carbons (Fsp3) is 0.750. The lowest BCUT2D eigenvalue weighted by molar-refractivity contribution is -0.145. The smallest absolute Gasteiger partial charge is 0.333 e. The van der Waals surface area contributed by atoms with E-state index in [2.05, 4.69) is 6.58 Å². The summed E-state index contributed by atoms with van der Waals surface area (Å²) in [6.45, 7) is 4.98. The quantitative estimate of drug-likeness (QED) is 0.568. The molecule has 4 heteroatoms. The van der Waals surface area contributed by atoms with Crippen LogP contribution in [0.1, 0.15) is 39.0 Å². The molecular formula is C12H22O4. The number of esters is 1. The first-order valence-corrected chi connectivity index (χ1v) is 5.70. The molecular weight excluding hydrogens is 208 g/mol. The molecule has 16 heavy (non-hydrogen) atoms. The molecule has 1 aliphatic rings. The van der Waals surface area contributed by atoms with Crippen LogP contribution in [0.5, 0.6) is 0 Å². The molecule has 1 aliphatic carbocycles. The number of carbonyl (C=O) groups is 1. The molecule has 2 N–H and O–H groups in total.